The Bertz CT molecular complexity index is 793. The lowest BCUT2D eigenvalue weighted by molar-refractivity contribution is -0.133. The fourth-order valence-electron chi connectivity index (χ4n) is 4.09. The van der Waals surface area contributed by atoms with Crippen molar-refractivity contribution in [3.05, 3.63) is 59.7 Å². The van der Waals surface area contributed by atoms with Crippen LogP contribution in [0.25, 0.3) is 11.1 Å². The highest BCUT2D eigenvalue weighted by Gasteiger charge is 2.22. The Morgan fingerprint density at radius 2 is 1.34 bits per heavy atom. The van der Waals surface area contributed by atoms with Crippen LogP contribution in [-0.4, -0.2) is 34.7 Å². The zero-order valence-corrected chi connectivity index (χ0v) is 17.7. The molecule has 1 aliphatic rings. The zero-order chi connectivity index (χ0) is 20.6. The summed E-state index contributed by atoms with van der Waals surface area (Å²) in [6, 6.07) is 16.7. The molecule has 0 saturated carbocycles. The molecule has 0 spiro atoms. The number of amides is 2. The second kappa shape index (κ2) is 10.2. The molecule has 4 nitrogen and oxygen atoms in total. The van der Waals surface area contributed by atoms with Crippen LogP contribution in [0.3, 0.4) is 0 Å². The third-order valence-electron chi connectivity index (χ3n) is 5.52. The molecule has 0 N–H and O–H groups in total. The second-order valence-corrected chi connectivity index (χ2v) is 7.80. The maximum absolute atomic E-state index is 13.0. The van der Waals surface area contributed by atoms with E-state index < -0.39 is 0 Å². The van der Waals surface area contributed by atoms with Crippen LogP contribution in [0.4, 0.5) is 0 Å². The zero-order valence-electron chi connectivity index (χ0n) is 17.7. The average Bonchev–Trinajstić information content (AvgIpc) is 2.90. The second-order valence-electron chi connectivity index (χ2n) is 7.80. The Balaban J connectivity index is 1.64. The Kier molecular flexibility index (Phi) is 7.45. The van der Waals surface area contributed by atoms with E-state index in [1.54, 1.807) is 0 Å². The van der Waals surface area contributed by atoms with E-state index in [4.69, 9.17) is 0 Å². The molecule has 0 fully saturated rings. The number of hydrogen-bond donors (Lipinski definition) is 0. The van der Waals surface area contributed by atoms with Crippen LogP contribution in [-0.2, 0) is 22.7 Å². The Labute approximate surface area is 174 Å². The molecule has 1 aliphatic heterocycles. The Morgan fingerprint density at radius 3 is 1.86 bits per heavy atom. The fraction of sp³-hybridized carbons (Fsp3) is 0.440. The van der Waals surface area contributed by atoms with Gasteiger partial charge in [-0.1, -0.05) is 62.4 Å². The summed E-state index contributed by atoms with van der Waals surface area (Å²) in [5.41, 5.74) is 4.78. The molecule has 0 radical (unpaired) electrons. The van der Waals surface area contributed by atoms with Crippen molar-refractivity contribution in [1.82, 2.24) is 9.80 Å². The maximum atomic E-state index is 13.0. The number of rotatable bonds is 8. The topological polar surface area (TPSA) is 40.6 Å². The first-order chi connectivity index (χ1) is 14.1. The van der Waals surface area contributed by atoms with Crippen LogP contribution in [0, 0.1) is 0 Å². The van der Waals surface area contributed by atoms with E-state index in [0.717, 1.165) is 25.9 Å². The van der Waals surface area contributed by atoms with E-state index in [9.17, 15) is 9.59 Å². The van der Waals surface area contributed by atoms with Crippen molar-refractivity contribution in [3.63, 3.8) is 0 Å². The van der Waals surface area contributed by atoms with Gasteiger partial charge in [-0.15, -0.1) is 0 Å². The molecule has 29 heavy (non-hydrogen) atoms. The first kappa shape index (κ1) is 21.1. The fourth-order valence-corrected chi connectivity index (χ4v) is 4.09. The van der Waals surface area contributed by atoms with Gasteiger partial charge in [0.25, 0.3) is 0 Å². The van der Waals surface area contributed by atoms with Crippen LogP contribution >= 0.6 is 0 Å². The molecule has 2 aromatic rings. The largest absolute Gasteiger partial charge is 0.343 e. The van der Waals surface area contributed by atoms with Crippen LogP contribution in [0.5, 0.6) is 0 Å². The lowest BCUT2D eigenvalue weighted by Crippen LogP contribution is -2.33. The van der Waals surface area contributed by atoms with Gasteiger partial charge < -0.3 is 9.80 Å². The molecule has 0 aromatic heterocycles. The van der Waals surface area contributed by atoms with Gasteiger partial charge in [-0.3, -0.25) is 9.59 Å². The van der Waals surface area contributed by atoms with Gasteiger partial charge in [0.05, 0.1) is 0 Å². The van der Waals surface area contributed by atoms with Gasteiger partial charge in [-0.05, 0) is 41.5 Å². The summed E-state index contributed by atoms with van der Waals surface area (Å²) in [6.07, 6.45) is 3.42. The predicted molar refractivity (Wildman–Crippen MR) is 117 cm³/mol. The number of hydrogen-bond acceptors (Lipinski definition) is 2. The molecule has 0 unspecified atom stereocenters. The van der Waals surface area contributed by atoms with Gasteiger partial charge in [-0.25, -0.2) is 0 Å². The maximum Gasteiger partial charge on any atom is 0.223 e. The van der Waals surface area contributed by atoms with E-state index in [-0.39, 0.29) is 11.8 Å². The summed E-state index contributed by atoms with van der Waals surface area (Å²) < 4.78 is 0. The highest BCUT2D eigenvalue weighted by atomic mass is 16.2. The number of benzene rings is 2. The Hall–Kier alpha value is -2.62. The summed E-state index contributed by atoms with van der Waals surface area (Å²) in [7, 11) is 0. The van der Waals surface area contributed by atoms with Crippen LogP contribution in [0.1, 0.15) is 57.1 Å². The first-order valence-electron chi connectivity index (χ1n) is 10.9. The molecular weight excluding hydrogens is 360 g/mol. The van der Waals surface area contributed by atoms with Crippen molar-refractivity contribution >= 4 is 11.8 Å². The molecule has 0 bridgehead atoms. The van der Waals surface area contributed by atoms with Crippen LogP contribution < -0.4 is 0 Å². The monoisotopic (exact) mass is 392 g/mol. The van der Waals surface area contributed by atoms with Gasteiger partial charge in [0.2, 0.25) is 11.8 Å². The minimum absolute atomic E-state index is 0.127. The lowest BCUT2D eigenvalue weighted by atomic mass is 9.97. The lowest BCUT2D eigenvalue weighted by Gasteiger charge is -2.23. The Morgan fingerprint density at radius 1 is 0.828 bits per heavy atom. The van der Waals surface area contributed by atoms with Gasteiger partial charge in [0.1, 0.15) is 0 Å². The molecular formula is C25H32N2O2. The number of carbonyl (C=O) groups excluding carboxylic acids is 2. The van der Waals surface area contributed by atoms with E-state index in [1.807, 2.05) is 21.9 Å². The molecule has 154 valence electrons. The van der Waals surface area contributed by atoms with Crippen LogP contribution in [0.2, 0.25) is 0 Å². The molecule has 1 heterocycles. The van der Waals surface area contributed by atoms with Gasteiger partial charge >= 0.3 is 0 Å². The third-order valence-corrected chi connectivity index (χ3v) is 5.52. The number of nitrogens with zero attached hydrogens (tertiary/aromatic N) is 2. The van der Waals surface area contributed by atoms with Crippen molar-refractivity contribution in [2.45, 2.75) is 59.0 Å². The minimum atomic E-state index is 0.127. The average molecular weight is 393 g/mol. The van der Waals surface area contributed by atoms with Gasteiger partial charge in [0.15, 0.2) is 0 Å². The standard InChI is InChI=1S/C25H32N2O2/c1-3-16-26(17-4-2)24(28)14-9-15-25(29)27-18-20-10-5-7-12-22(20)23-13-8-6-11-21(23)19-27/h5-8,10-13H,3-4,9,14-19H2,1-2H3. The molecule has 2 aromatic carbocycles. The predicted octanol–water partition coefficient (Wildman–Crippen LogP) is 5.01. The first-order valence-corrected chi connectivity index (χ1v) is 10.9. The highest BCUT2D eigenvalue weighted by molar-refractivity contribution is 5.80. The molecule has 3 rings (SSSR count). The van der Waals surface area contributed by atoms with Crippen molar-refractivity contribution in [1.29, 1.82) is 0 Å². The van der Waals surface area contributed by atoms with E-state index in [1.165, 1.54) is 22.3 Å². The molecule has 0 atom stereocenters. The number of fused-ring (bicyclic) bond motifs is 3. The summed E-state index contributed by atoms with van der Waals surface area (Å²) in [5.74, 6) is 0.301. The van der Waals surface area contributed by atoms with Gasteiger partial charge in [-0.2, -0.15) is 0 Å². The van der Waals surface area contributed by atoms with Crippen molar-refractivity contribution in [2.75, 3.05) is 13.1 Å². The molecule has 2 amide bonds. The van der Waals surface area contributed by atoms with Crippen molar-refractivity contribution in [2.24, 2.45) is 0 Å². The summed E-state index contributed by atoms with van der Waals surface area (Å²) >= 11 is 0. The van der Waals surface area contributed by atoms with Gasteiger partial charge in [0, 0.05) is 39.0 Å². The SMILES string of the molecule is CCCN(CCC)C(=O)CCCC(=O)N1Cc2ccccc2-c2ccccc2C1. The van der Waals surface area contributed by atoms with Crippen molar-refractivity contribution < 1.29 is 9.59 Å². The normalized spacial score (nSPS) is 12.7. The minimum Gasteiger partial charge on any atom is -0.343 e. The van der Waals surface area contributed by atoms with Crippen molar-refractivity contribution in [3.8, 4) is 11.1 Å². The third kappa shape index (κ3) is 5.26. The summed E-state index contributed by atoms with van der Waals surface area (Å²) in [4.78, 5) is 29.3. The smallest absolute Gasteiger partial charge is 0.223 e. The van der Waals surface area contributed by atoms with E-state index in [0.29, 0.717) is 32.4 Å². The summed E-state index contributed by atoms with van der Waals surface area (Å²) in [5, 5.41) is 0. The van der Waals surface area contributed by atoms with E-state index in [2.05, 4.69) is 50.2 Å². The highest BCUT2D eigenvalue weighted by Crippen LogP contribution is 2.32. The summed E-state index contributed by atoms with van der Waals surface area (Å²) in [6.45, 7) is 7.04. The number of carbonyl (C=O) groups is 2. The molecule has 0 aliphatic carbocycles. The molecule has 4 heteroatoms. The quantitative estimate of drug-likeness (QED) is 0.633. The van der Waals surface area contributed by atoms with E-state index >= 15 is 0 Å². The van der Waals surface area contributed by atoms with Crippen LogP contribution in [0.15, 0.2) is 48.5 Å². The molecule has 0 saturated heterocycles.